The van der Waals surface area contributed by atoms with Crippen molar-refractivity contribution in [2.45, 2.75) is 46.5 Å². The molecule has 1 aromatic heterocycles. The summed E-state index contributed by atoms with van der Waals surface area (Å²) in [6.07, 6.45) is 4.81. The zero-order valence-electron chi connectivity index (χ0n) is 15.3. The molecule has 1 amide bonds. The number of carbonyl (C=O) groups excluding carboxylic acids is 1. The highest BCUT2D eigenvalue weighted by atomic mass is 16.1. The lowest BCUT2D eigenvalue weighted by molar-refractivity contribution is 0.102. The van der Waals surface area contributed by atoms with Crippen molar-refractivity contribution < 1.29 is 4.79 Å². The standard InChI is InChI=1S/C20H26N4O/c1-14-10-15(2)12-17(11-14)22-19(25)18-13-16(3)21-20(23-18)24-8-6-4-5-7-9-24/h10-13H,4-9H2,1-3H3,(H,22,25). The fraction of sp³-hybridized carbons (Fsp3) is 0.450. The number of amides is 1. The van der Waals surface area contributed by atoms with E-state index in [0.29, 0.717) is 11.6 Å². The molecule has 0 radical (unpaired) electrons. The second kappa shape index (κ2) is 7.64. The van der Waals surface area contributed by atoms with Gasteiger partial charge < -0.3 is 10.2 Å². The Morgan fingerprint density at radius 3 is 2.20 bits per heavy atom. The minimum atomic E-state index is -0.188. The first kappa shape index (κ1) is 17.4. The number of aryl methyl sites for hydroxylation is 3. The van der Waals surface area contributed by atoms with Crippen LogP contribution < -0.4 is 10.2 Å². The SMILES string of the molecule is Cc1cc(C)cc(NC(=O)c2cc(C)nc(N3CCCCCC3)n2)c1. The molecular weight excluding hydrogens is 312 g/mol. The van der Waals surface area contributed by atoms with Crippen LogP contribution in [-0.2, 0) is 0 Å². The van der Waals surface area contributed by atoms with Gasteiger partial charge in [0.15, 0.2) is 0 Å². The van der Waals surface area contributed by atoms with Crippen LogP contribution in [0.3, 0.4) is 0 Å². The molecule has 3 rings (SSSR count). The largest absolute Gasteiger partial charge is 0.341 e. The van der Waals surface area contributed by atoms with Crippen LogP contribution in [0.25, 0.3) is 0 Å². The van der Waals surface area contributed by atoms with E-state index < -0.39 is 0 Å². The average Bonchev–Trinajstić information content (AvgIpc) is 2.82. The van der Waals surface area contributed by atoms with Gasteiger partial charge in [-0.3, -0.25) is 4.79 Å². The van der Waals surface area contributed by atoms with Crippen LogP contribution in [0.1, 0.15) is 53.0 Å². The van der Waals surface area contributed by atoms with E-state index >= 15 is 0 Å². The van der Waals surface area contributed by atoms with Crippen molar-refractivity contribution in [2.24, 2.45) is 0 Å². The Morgan fingerprint density at radius 1 is 0.920 bits per heavy atom. The van der Waals surface area contributed by atoms with Gasteiger partial charge in [0.1, 0.15) is 5.69 Å². The summed E-state index contributed by atoms with van der Waals surface area (Å²) in [6.45, 7) is 7.88. The predicted molar refractivity (Wildman–Crippen MR) is 101 cm³/mol. The summed E-state index contributed by atoms with van der Waals surface area (Å²) in [5.41, 5.74) is 4.29. The summed E-state index contributed by atoms with van der Waals surface area (Å²) in [7, 11) is 0. The number of nitrogens with one attached hydrogen (secondary N) is 1. The molecule has 0 bridgehead atoms. The van der Waals surface area contributed by atoms with Crippen LogP contribution in [-0.4, -0.2) is 29.0 Å². The van der Waals surface area contributed by atoms with Gasteiger partial charge in [-0.2, -0.15) is 0 Å². The van der Waals surface area contributed by atoms with E-state index in [2.05, 4.69) is 26.3 Å². The lowest BCUT2D eigenvalue weighted by Crippen LogP contribution is -2.27. The topological polar surface area (TPSA) is 58.1 Å². The molecule has 1 aliphatic heterocycles. The van der Waals surface area contributed by atoms with Crippen LogP contribution in [0, 0.1) is 20.8 Å². The minimum absolute atomic E-state index is 0.188. The summed E-state index contributed by atoms with van der Waals surface area (Å²) in [6, 6.07) is 7.77. The van der Waals surface area contributed by atoms with Crippen LogP contribution in [0.2, 0.25) is 0 Å². The summed E-state index contributed by atoms with van der Waals surface area (Å²) in [5, 5.41) is 2.96. The van der Waals surface area contributed by atoms with Crippen molar-refractivity contribution in [3.63, 3.8) is 0 Å². The van der Waals surface area contributed by atoms with Gasteiger partial charge in [-0.25, -0.2) is 9.97 Å². The third kappa shape index (κ3) is 4.56. The number of nitrogens with zero attached hydrogens (tertiary/aromatic N) is 3. The summed E-state index contributed by atoms with van der Waals surface area (Å²) >= 11 is 0. The molecule has 1 N–H and O–H groups in total. The first-order chi connectivity index (χ1) is 12.0. The van der Waals surface area contributed by atoms with E-state index in [0.717, 1.165) is 48.4 Å². The zero-order chi connectivity index (χ0) is 17.8. The molecular formula is C20H26N4O. The zero-order valence-corrected chi connectivity index (χ0v) is 15.3. The smallest absolute Gasteiger partial charge is 0.274 e. The minimum Gasteiger partial charge on any atom is -0.341 e. The number of aromatic nitrogens is 2. The van der Waals surface area contributed by atoms with Gasteiger partial charge in [0.25, 0.3) is 5.91 Å². The molecule has 1 saturated heterocycles. The molecule has 2 aromatic rings. The van der Waals surface area contributed by atoms with E-state index in [4.69, 9.17) is 0 Å². The maximum absolute atomic E-state index is 12.7. The molecule has 5 nitrogen and oxygen atoms in total. The lowest BCUT2D eigenvalue weighted by atomic mass is 10.1. The summed E-state index contributed by atoms with van der Waals surface area (Å²) in [5.74, 6) is 0.485. The number of hydrogen-bond donors (Lipinski definition) is 1. The fourth-order valence-corrected chi connectivity index (χ4v) is 3.32. The van der Waals surface area contributed by atoms with Crippen LogP contribution >= 0.6 is 0 Å². The Bertz CT molecular complexity index is 744. The maximum atomic E-state index is 12.7. The fourth-order valence-electron chi connectivity index (χ4n) is 3.32. The molecule has 1 fully saturated rings. The van der Waals surface area contributed by atoms with Crippen molar-refractivity contribution in [3.05, 3.63) is 46.8 Å². The molecule has 2 heterocycles. The highest BCUT2D eigenvalue weighted by molar-refractivity contribution is 6.03. The van der Waals surface area contributed by atoms with E-state index in [-0.39, 0.29) is 5.91 Å². The maximum Gasteiger partial charge on any atom is 0.274 e. The molecule has 0 aliphatic carbocycles. The molecule has 1 aromatic carbocycles. The number of hydrogen-bond acceptors (Lipinski definition) is 4. The van der Waals surface area contributed by atoms with E-state index in [9.17, 15) is 4.79 Å². The number of anilines is 2. The Hall–Kier alpha value is -2.43. The van der Waals surface area contributed by atoms with E-state index in [1.807, 2.05) is 32.9 Å². The summed E-state index contributed by atoms with van der Waals surface area (Å²) < 4.78 is 0. The second-order valence-electron chi connectivity index (χ2n) is 6.93. The lowest BCUT2D eigenvalue weighted by Gasteiger charge is -2.21. The van der Waals surface area contributed by atoms with E-state index in [1.54, 1.807) is 6.07 Å². The Kier molecular flexibility index (Phi) is 5.31. The Morgan fingerprint density at radius 2 is 1.56 bits per heavy atom. The average molecular weight is 338 g/mol. The van der Waals surface area contributed by atoms with Gasteiger partial charge in [0, 0.05) is 24.5 Å². The Balaban J connectivity index is 1.82. The van der Waals surface area contributed by atoms with Crippen molar-refractivity contribution in [1.29, 1.82) is 0 Å². The highest BCUT2D eigenvalue weighted by Crippen LogP contribution is 2.18. The number of benzene rings is 1. The highest BCUT2D eigenvalue weighted by Gasteiger charge is 2.16. The van der Waals surface area contributed by atoms with Gasteiger partial charge in [-0.1, -0.05) is 18.9 Å². The molecule has 0 saturated carbocycles. The first-order valence-electron chi connectivity index (χ1n) is 9.01. The van der Waals surface area contributed by atoms with E-state index in [1.165, 1.54) is 12.8 Å². The van der Waals surface area contributed by atoms with Gasteiger partial charge in [-0.15, -0.1) is 0 Å². The van der Waals surface area contributed by atoms with Crippen LogP contribution in [0.4, 0.5) is 11.6 Å². The molecule has 5 heteroatoms. The van der Waals surface area contributed by atoms with Crippen molar-refractivity contribution in [3.8, 4) is 0 Å². The van der Waals surface area contributed by atoms with Crippen molar-refractivity contribution in [1.82, 2.24) is 9.97 Å². The normalized spacial score (nSPS) is 14.9. The van der Waals surface area contributed by atoms with Gasteiger partial charge >= 0.3 is 0 Å². The third-order valence-corrected chi connectivity index (χ3v) is 4.44. The third-order valence-electron chi connectivity index (χ3n) is 4.44. The Labute approximate surface area is 149 Å². The summed E-state index contributed by atoms with van der Waals surface area (Å²) in [4.78, 5) is 24.0. The van der Waals surface area contributed by atoms with Gasteiger partial charge in [-0.05, 0) is 62.9 Å². The van der Waals surface area contributed by atoms with Crippen molar-refractivity contribution >= 4 is 17.5 Å². The predicted octanol–water partition coefficient (Wildman–Crippen LogP) is 4.03. The number of rotatable bonds is 3. The molecule has 25 heavy (non-hydrogen) atoms. The molecule has 132 valence electrons. The monoisotopic (exact) mass is 338 g/mol. The second-order valence-corrected chi connectivity index (χ2v) is 6.93. The molecule has 0 atom stereocenters. The van der Waals surface area contributed by atoms with Crippen molar-refractivity contribution in [2.75, 3.05) is 23.3 Å². The first-order valence-corrected chi connectivity index (χ1v) is 9.01. The van der Waals surface area contributed by atoms with Gasteiger partial charge in [0.05, 0.1) is 0 Å². The molecule has 0 spiro atoms. The molecule has 0 unspecified atom stereocenters. The quantitative estimate of drug-likeness (QED) is 0.918. The molecule has 1 aliphatic rings. The van der Waals surface area contributed by atoms with Gasteiger partial charge in [0.2, 0.25) is 5.95 Å². The van der Waals surface area contributed by atoms with Crippen LogP contribution in [0.5, 0.6) is 0 Å². The number of carbonyl (C=O) groups is 1. The van der Waals surface area contributed by atoms with Crippen LogP contribution in [0.15, 0.2) is 24.3 Å².